The lowest BCUT2D eigenvalue weighted by atomic mass is 10.1. The normalized spacial score (nSPS) is 10.9. The van der Waals surface area contributed by atoms with Gasteiger partial charge in [0.25, 0.3) is 0 Å². The number of ether oxygens (including phenoxy) is 1. The lowest BCUT2D eigenvalue weighted by Gasteiger charge is -2.11. The molecular formula is C17H10BrF2NO4S. The molecular weight excluding hydrogens is 432 g/mol. The number of hydrogen-bond donors (Lipinski definition) is 2. The Kier molecular flexibility index (Phi) is 4.92. The summed E-state index contributed by atoms with van der Waals surface area (Å²) in [6, 6.07) is 6.47. The number of rotatable bonds is 5. The summed E-state index contributed by atoms with van der Waals surface area (Å²) < 4.78 is 34.4. The van der Waals surface area contributed by atoms with Gasteiger partial charge >= 0.3 is 5.97 Å². The topological polar surface area (TPSA) is 89.6 Å². The number of primary amides is 1. The van der Waals surface area contributed by atoms with Gasteiger partial charge in [-0.2, -0.15) is 0 Å². The van der Waals surface area contributed by atoms with Gasteiger partial charge in [0.05, 0.1) is 4.47 Å². The predicted molar refractivity (Wildman–Crippen MR) is 95.7 cm³/mol. The summed E-state index contributed by atoms with van der Waals surface area (Å²) >= 11 is 3.99. The second-order valence-corrected chi connectivity index (χ2v) is 7.16. The third kappa shape index (κ3) is 3.27. The number of halogens is 3. The van der Waals surface area contributed by atoms with E-state index in [1.807, 2.05) is 0 Å². The molecule has 0 spiro atoms. The van der Waals surface area contributed by atoms with Crippen molar-refractivity contribution in [3.8, 4) is 5.75 Å². The van der Waals surface area contributed by atoms with E-state index in [0.29, 0.717) is 4.70 Å². The van der Waals surface area contributed by atoms with Crippen molar-refractivity contribution < 1.29 is 28.2 Å². The Hall–Kier alpha value is -2.52. The van der Waals surface area contributed by atoms with E-state index in [1.165, 1.54) is 18.2 Å². The minimum atomic E-state index is -1.23. The summed E-state index contributed by atoms with van der Waals surface area (Å²) in [7, 11) is 0. The fraction of sp³-hybridized carbons (Fsp3) is 0.0588. The monoisotopic (exact) mass is 441 g/mol. The number of benzene rings is 2. The molecule has 0 aliphatic heterocycles. The van der Waals surface area contributed by atoms with Crippen LogP contribution in [0.25, 0.3) is 10.1 Å². The van der Waals surface area contributed by atoms with Crippen LogP contribution < -0.4 is 10.5 Å². The number of nitrogens with two attached hydrogens (primary N) is 1. The van der Waals surface area contributed by atoms with Crippen molar-refractivity contribution >= 4 is 49.2 Å². The van der Waals surface area contributed by atoms with E-state index in [1.54, 1.807) is 6.07 Å². The fourth-order valence-corrected chi connectivity index (χ4v) is 4.07. The third-order valence-corrected chi connectivity index (χ3v) is 5.38. The molecule has 1 heterocycles. The maximum atomic E-state index is 14.2. The number of carbonyl (C=O) groups excluding carboxylic acids is 1. The Labute approximate surface area is 158 Å². The molecule has 0 bridgehead atoms. The minimum Gasteiger partial charge on any atom is -0.485 e. The van der Waals surface area contributed by atoms with Gasteiger partial charge in [-0.25, -0.2) is 13.6 Å². The van der Waals surface area contributed by atoms with Crippen LogP contribution in [0.3, 0.4) is 0 Å². The first-order valence-electron chi connectivity index (χ1n) is 7.14. The van der Waals surface area contributed by atoms with Crippen LogP contribution in [0.1, 0.15) is 25.6 Å². The number of carboxylic acid groups (broad SMARTS) is 1. The second kappa shape index (κ2) is 7.00. The molecule has 0 saturated heterocycles. The Morgan fingerprint density at radius 1 is 1.23 bits per heavy atom. The van der Waals surface area contributed by atoms with Crippen LogP contribution in [0.4, 0.5) is 8.78 Å². The quantitative estimate of drug-likeness (QED) is 0.616. The van der Waals surface area contributed by atoms with Gasteiger partial charge in [0.15, 0.2) is 11.6 Å². The van der Waals surface area contributed by atoms with Crippen LogP contribution in [0.15, 0.2) is 34.8 Å². The SMILES string of the molecule is NC(=O)c1cc(F)c(OCc2c(C(=O)O)sc3cccc(F)c23)c(Br)c1. The highest BCUT2D eigenvalue weighted by Gasteiger charge is 2.22. The van der Waals surface area contributed by atoms with Crippen molar-refractivity contribution in [1.29, 1.82) is 0 Å². The molecule has 3 N–H and O–H groups in total. The molecule has 9 heteroatoms. The van der Waals surface area contributed by atoms with Crippen molar-refractivity contribution in [1.82, 2.24) is 0 Å². The summed E-state index contributed by atoms with van der Waals surface area (Å²) in [5, 5.41) is 9.48. The minimum absolute atomic E-state index is 0.0556. The maximum absolute atomic E-state index is 14.2. The zero-order chi connectivity index (χ0) is 19.0. The van der Waals surface area contributed by atoms with Crippen LogP contribution >= 0.6 is 27.3 Å². The molecule has 3 rings (SSSR count). The maximum Gasteiger partial charge on any atom is 0.346 e. The van der Waals surface area contributed by atoms with Gasteiger partial charge in [0.2, 0.25) is 5.91 Å². The van der Waals surface area contributed by atoms with Crippen LogP contribution in [0.5, 0.6) is 5.75 Å². The summed E-state index contributed by atoms with van der Waals surface area (Å²) in [4.78, 5) is 22.5. The first kappa shape index (κ1) is 18.3. The zero-order valence-electron chi connectivity index (χ0n) is 12.9. The number of carboxylic acids is 1. The molecule has 134 valence electrons. The van der Waals surface area contributed by atoms with E-state index in [2.05, 4.69) is 15.9 Å². The van der Waals surface area contributed by atoms with Gasteiger partial charge in [-0.1, -0.05) is 6.07 Å². The molecule has 0 aliphatic carbocycles. The van der Waals surface area contributed by atoms with Crippen molar-refractivity contribution in [3.05, 3.63) is 62.4 Å². The standard InChI is InChI=1S/C17H10BrF2NO4S/c18-9-4-7(16(21)22)5-11(20)14(9)25-6-8-13-10(19)2-1-3-12(13)26-15(8)17(23)24/h1-5H,6H2,(H2,21,22)(H,23,24). The van der Waals surface area contributed by atoms with Crippen molar-refractivity contribution in [2.75, 3.05) is 0 Å². The Balaban J connectivity index is 2.02. The summed E-state index contributed by atoms with van der Waals surface area (Å²) in [6.45, 7) is -0.367. The van der Waals surface area contributed by atoms with Gasteiger partial charge in [0.1, 0.15) is 17.3 Å². The number of hydrogen-bond acceptors (Lipinski definition) is 4. The summed E-state index contributed by atoms with van der Waals surface area (Å²) in [6.07, 6.45) is 0. The van der Waals surface area contributed by atoms with Crippen LogP contribution in [-0.4, -0.2) is 17.0 Å². The van der Waals surface area contributed by atoms with Crippen molar-refractivity contribution in [2.24, 2.45) is 5.73 Å². The lowest BCUT2D eigenvalue weighted by Crippen LogP contribution is -2.12. The molecule has 0 atom stereocenters. The molecule has 0 saturated carbocycles. The van der Waals surface area contributed by atoms with E-state index in [-0.39, 0.29) is 38.2 Å². The highest BCUT2D eigenvalue weighted by Crippen LogP contribution is 2.36. The number of carbonyl (C=O) groups is 2. The van der Waals surface area contributed by atoms with Crippen LogP contribution in [-0.2, 0) is 6.61 Å². The Morgan fingerprint density at radius 2 is 1.96 bits per heavy atom. The highest BCUT2D eigenvalue weighted by molar-refractivity contribution is 9.10. The van der Waals surface area contributed by atoms with Crippen LogP contribution in [0, 0.1) is 11.6 Å². The van der Waals surface area contributed by atoms with Crippen molar-refractivity contribution in [3.63, 3.8) is 0 Å². The highest BCUT2D eigenvalue weighted by atomic mass is 79.9. The zero-order valence-corrected chi connectivity index (χ0v) is 15.3. The van der Waals surface area contributed by atoms with E-state index in [9.17, 15) is 23.5 Å². The molecule has 5 nitrogen and oxygen atoms in total. The first-order valence-corrected chi connectivity index (χ1v) is 8.75. The summed E-state index contributed by atoms with van der Waals surface area (Å²) in [5.41, 5.74) is 5.17. The van der Waals surface area contributed by atoms with Gasteiger partial charge in [-0.15, -0.1) is 11.3 Å². The molecule has 0 fully saturated rings. The molecule has 2 aromatic carbocycles. The molecule has 0 aliphatic rings. The molecule has 0 unspecified atom stereocenters. The first-order chi connectivity index (χ1) is 12.3. The summed E-state index contributed by atoms with van der Waals surface area (Å²) in [5.74, 6) is -3.72. The van der Waals surface area contributed by atoms with Gasteiger partial charge < -0.3 is 15.6 Å². The number of thiophene rings is 1. The van der Waals surface area contributed by atoms with Crippen molar-refractivity contribution in [2.45, 2.75) is 6.61 Å². The molecule has 0 radical (unpaired) electrons. The number of fused-ring (bicyclic) bond motifs is 1. The van der Waals surface area contributed by atoms with E-state index >= 15 is 0 Å². The predicted octanol–water partition coefficient (Wildman–Crippen LogP) is 4.32. The fourth-order valence-electron chi connectivity index (χ4n) is 2.46. The Bertz CT molecular complexity index is 1030. The largest absolute Gasteiger partial charge is 0.485 e. The molecule has 1 amide bonds. The number of aromatic carboxylic acids is 1. The van der Waals surface area contributed by atoms with E-state index < -0.39 is 23.5 Å². The second-order valence-electron chi connectivity index (χ2n) is 5.25. The van der Waals surface area contributed by atoms with E-state index in [4.69, 9.17) is 10.5 Å². The average Bonchev–Trinajstić information content (AvgIpc) is 2.94. The molecule has 3 aromatic rings. The van der Waals surface area contributed by atoms with Gasteiger partial charge in [-0.3, -0.25) is 4.79 Å². The lowest BCUT2D eigenvalue weighted by molar-refractivity contribution is 0.0699. The molecule has 26 heavy (non-hydrogen) atoms. The third-order valence-electron chi connectivity index (χ3n) is 3.60. The van der Waals surface area contributed by atoms with Gasteiger partial charge in [0, 0.05) is 21.2 Å². The van der Waals surface area contributed by atoms with Crippen LogP contribution in [0.2, 0.25) is 0 Å². The smallest absolute Gasteiger partial charge is 0.346 e. The van der Waals surface area contributed by atoms with E-state index in [0.717, 1.165) is 17.4 Å². The Morgan fingerprint density at radius 3 is 2.58 bits per heavy atom. The average molecular weight is 442 g/mol. The molecule has 1 aromatic heterocycles. The van der Waals surface area contributed by atoms with Gasteiger partial charge in [-0.05, 0) is 40.2 Å². The number of amides is 1.